The summed E-state index contributed by atoms with van der Waals surface area (Å²) in [5.74, 6) is -0.578. The third kappa shape index (κ3) is 3.42. The SMILES string of the molecule is Cc1ccc([N+](=O)[O-])c(NCCC2(C)OCCO2)c1. The minimum absolute atomic E-state index is 0.0870. The van der Waals surface area contributed by atoms with Crippen LogP contribution in [0.1, 0.15) is 18.9 Å². The molecular formula is C13H18N2O4. The van der Waals surface area contributed by atoms with E-state index in [1.165, 1.54) is 6.07 Å². The Hall–Kier alpha value is -1.66. The van der Waals surface area contributed by atoms with Crippen LogP contribution in [0.25, 0.3) is 0 Å². The van der Waals surface area contributed by atoms with Gasteiger partial charge in [0.1, 0.15) is 5.69 Å². The van der Waals surface area contributed by atoms with E-state index in [4.69, 9.17) is 9.47 Å². The highest BCUT2D eigenvalue weighted by Crippen LogP contribution is 2.27. The van der Waals surface area contributed by atoms with Gasteiger partial charge in [0.2, 0.25) is 0 Å². The van der Waals surface area contributed by atoms with Crippen molar-refractivity contribution in [3.05, 3.63) is 33.9 Å². The molecule has 0 aliphatic carbocycles. The Morgan fingerprint density at radius 3 is 2.74 bits per heavy atom. The molecule has 19 heavy (non-hydrogen) atoms. The van der Waals surface area contributed by atoms with E-state index in [2.05, 4.69) is 5.32 Å². The number of nitrogens with one attached hydrogen (secondary N) is 1. The fourth-order valence-corrected chi connectivity index (χ4v) is 2.08. The third-order valence-electron chi connectivity index (χ3n) is 3.14. The normalized spacial score (nSPS) is 17.4. The van der Waals surface area contributed by atoms with Gasteiger partial charge >= 0.3 is 0 Å². The van der Waals surface area contributed by atoms with E-state index in [-0.39, 0.29) is 10.6 Å². The van der Waals surface area contributed by atoms with Gasteiger partial charge < -0.3 is 14.8 Å². The summed E-state index contributed by atoms with van der Waals surface area (Å²) < 4.78 is 11.0. The molecule has 1 fully saturated rings. The molecule has 0 atom stereocenters. The number of rotatable bonds is 5. The first-order chi connectivity index (χ1) is 9.00. The van der Waals surface area contributed by atoms with E-state index in [0.717, 1.165) is 5.56 Å². The number of nitro benzene ring substituents is 1. The summed E-state index contributed by atoms with van der Waals surface area (Å²) in [4.78, 5) is 10.5. The molecule has 0 saturated carbocycles. The van der Waals surface area contributed by atoms with Gasteiger partial charge in [-0.25, -0.2) is 0 Å². The van der Waals surface area contributed by atoms with Crippen molar-refractivity contribution in [3.8, 4) is 0 Å². The largest absolute Gasteiger partial charge is 0.379 e. The minimum Gasteiger partial charge on any atom is -0.379 e. The van der Waals surface area contributed by atoms with Crippen LogP contribution in [0.5, 0.6) is 0 Å². The summed E-state index contributed by atoms with van der Waals surface area (Å²) >= 11 is 0. The molecule has 1 heterocycles. The van der Waals surface area contributed by atoms with Crippen molar-refractivity contribution in [2.45, 2.75) is 26.1 Å². The van der Waals surface area contributed by atoms with Crippen molar-refractivity contribution in [2.75, 3.05) is 25.1 Å². The van der Waals surface area contributed by atoms with Crippen molar-refractivity contribution in [3.63, 3.8) is 0 Å². The summed E-state index contributed by atoms with van der Waals surface area (Å²) in [5, 5.41) is 14.0. The van der Waals surface area contributed by atoms with Gasteiger partial charge in [-0.15, -0.1) is 0 Å². The van der Waals surface area contributed by atoms with Crippen LogP contribution in [-0.2, 0) is 9.47 Å². The maximum absolute atomic E-state index is 10.9. The van der Waals surface area contributed by atoms with Crippen LogP contribution in [0, 0.1) is 17.0 Å². The first-order valence-corrected chi connectivity index (χ1v) is 6.27. The van der Waals surface area contributed by atoms with E-state index in [0.29, 0.717) is 31.9 Å². The van der Waals surface area contributed by atoms with E-state index in [1.54, 1.807) is 12.1 Å². The Balaban J connectivity index is 1.98. The number of ether oxygens (including phenoxy) is 2. The molecule has 1 aromatic rings. The van der Waals surface area contributed by atoms with Gasteiger partial charge in [-0.2, -0.15) is 0 Å². The van der Waals surface area contributed by atoms with Crippen LogP contribution in [0.4, 0.5) is 11.4 Å². The predicted octanol–water partition coefficient (Wildman–Crippen LogP) is 2.47. The van der Waals surface area contributed by atoms with Gasteiger partial charge in [-0.05, 0) is 25.5 Å². The Labute approximate surface area is 111 Å². The van der Waals surface area contributed by atoms with Gasteiger partial charge in [0.25, 0.3) is 5.69 Å². The molecule has 0 radical (unpaired) electrons. The molecule has 1 aliphatic rings. The molecule has 0 bridgehead atoms. The molecule has 0 unspecified atom stereocenters. The first kappa shape index (κ1) is 13.8. The molecule has 0 amide bonds. The third-order valence-corrected chi connectivity index (χ3v) is 3.14. The van der Waals surface area contributed by atoms with Crippen molar-refractivity contribution in [1.82, 2.24) is 0 Å². The van der Waals surface area contributed by atoms with Gasteiger partial charge in [-0.3, -0.25) is 10.1 Å². The molecule has 6 nitrogen and oxygen atoms in total. The lowest BCUT2D eigenvalue weighted by atomic mass is 10.1. The second-order valence-corrected chi connectivity index (χ2v) is 4.79. The minimum atomic E-state index is -0.578. The lowest BCUT2D eigenvalue weighted by Gasteiger charge is -2.22. The zero-order chi connectivity index (χ0) is 13.9. The summed E-state index contributed by atoms with van der Waals surface area (Å²) in [6.07, 6.45) is 0.637. The maximum atomic E-state index is 10.9. The Bertz CT molecular complexity index is 470. The van der Waals surface area contributed by atoms with Crippen LogP contribution in [0.3, 0.4) is 0 Å². The number of hydrogen-bond acceptors (Lipinski definition) is 5. The summed E-state index contributed by atoms with van der Waals surface area (Å²) in [6, 6.07) is 5.02. The molecule has 1 N–H and O–H groups in total. The molecule has 1 saturated heterocycles. The van der Waals surface area contributed by atoms with E-state index >= 15 is 0 Å². The van der Waals surface area contributed by atoms with Crippen LogP contribution >= 0.6 is 0 Å². The van der Waals surface area contributed by atoms with Crippen LogP contribution < -0.4 is 5.32 Å². The smallest absolute Gasteiger partial charge is 0.292 e. The number of anilines is 1. The molecule has 2 rings (SSSR count). The fourth-order valence-electron chi connectivity index (χ4n) is 2.08. The lowest BCUT2D eigenvalue weighted by Crippen LogP contribution is -2.28. The van der Waals surface area contributed by atoms with Crippen molar-refractivity contribution >= 4 is 11.4 Å². The second kappa shape index (κ2) is 5.54. The first-order valence-electron chi connectivity index (χ1n) is 6.27. The number of nitro groups is 1. The van der Waals surface area contributed by atoms with Gasteiger partial charge in [0.05, 0.1) is 18.1 Å². The molecule has 1 aliphatic heterocycles. The van der Waals surface area contributed by atoms with E-state index in [1.807, 2.05) is 13.8 Å². The topological polar surface area (TPSA) is 73.6 Å². The number of hydrogen-bond donors (Lipinski definition) is 1. The highest BCUT2D eigenvalue weighted by molar-refractivity contribution is 5.62. The van der Waals surface area contributed by atoms with Crippen LogP contribution in [0.2, 0.25) is 0 Å². The molecular weight excluding hydrogens is 248 g/mol. The monoisotopic (exact) mass is 266 g/mol. The van der Waals surface area contributed by atoms with Crippen LogP contribution in [-0.4, -0.2) is 30.5 Å². The molecule has 104 valence electrons. The quantitative estimate of drug-likeness (QED) is 0.654. The Kier molecular flexibility index (Phi) is 4.01. The Morgan fingerprint density at radius 1 is 1.42 bits per heavy atom. The van der Waals surface area contributed by atoms with Gasteiger partial charge in [0, 0.05) is 19.0 Å². The predicted molar refractivity (Wildman–Crippen MR) is 71.2 cm³/mol. The van der Waals surface area contributed by atoms with Gasteiger partial charge in [-0.1, -0.05) is 6.07 Å². The average Bonchev–Trinajstić information content (AvgIpc) is 2.76. The number of benzene rings is 1. The van der Waals surface area contributed by atoms with E-state index in [9.17, 15) is 10.1 Å². The highest BCUT2D eigenvalue weighted by Gasteiger charge is 2.30. The molecule has 1 aromatic carbocycles. The summed E-state index contributed by atoms with van der Waals surface area (Å²) in [5.41, 5.74) is 1.60. The summed E-state index contributed by atoms with van der Waals surface area (Å²) in [6.45, 7) is 5.54. The molecule has 6 heteroatoms. The fraction of sp³-hybridized carbons (Fsp3) is 0.538. The number of aryl methyl sites for hydroxylation is 1. The average molecular weight is 266 g/mol. The van der Waals surface area contributed by atoms with Gasteiger partial charge in [0.15, 0.2) is 5.79 Å². The maximum Gasteiger partial charge on any atom is 0.292 e. The zero-order valence-corrected chi connectivity index (χ0v) is 11.1. The second-order valence-electron chi connectivity index (χ2n) is 4.79. The number of nitrogens with zero attached hydrogens (tertiary/aromatic N) is 1. The van der Waals surface area contributed by atoms with Crippen molar-refractivity contribution in [1.29, 1.82) is 0 Å². The molecule has 0 aromatic heterocycles. The van der Waals surface area contributed by atoms with Crippen molar-refractivity contribution in [2.24, 2.45) is 0 Å². The van der Waals surface area contributed by atoms with Crippen molar-refractivity contribution < 1.29 is 14.4 Å². The zero-order valence-electron chi connectivity index (χ0n) is 11.1. The van der Waals surface area contributed by atoms with E-state index < -0.39 is 5.79 Å². The standard InChI is InChI=1S/C13H18N2O4/c1-10-3-4-12(15(16)17)11(9-10)14-6-5-13(2)18-7-8-19-13/h3-4,9,14H,5-8H2,1-2H3. The van der Waals surface area contributed by atoms with Crippen LogP contribution in [0.15, 0.2) is 18.2 Å². The highest BCUT2D eigenvalue weighted by atomic mass is 16.7. The molecule has 0 spiro atoms. The Morgan fingerprint density at radius 2 is 2.11 bits per heavy atom. The lowest BCUT2D eigenvalue weighted by molar-refractivity contribution is -0.384. The summed E-state index contributed by atoms with van der Waals surface area (Å²) in [7, 11) is 0.